The largest absolute Gasteiger partial charge is 0.489 e. The minimum atomic E-state index is 0.573. The summed E-state index contributed by atoms with van der Waals surface area (Å²) >= 11 is 5.28. The lowest BCUT2D eigenvalue weighted by atomic mass is 10.1. The second kappa shape index (κ2) is 8.67. The Bertz CT molecular complexity index is 899. The van der Waals surface area contributed by atoms with Crippen molar-refractivity contribution < 1.29 is 4.74 Å². The number of aromatic nitrogens is 3. The molecule has 0 aliphatic carbocycles. The summed E-state index contributed by atoms with van der Waals surface area (Å²) in [6.07, 6.45) is 1.90. The van der Waals surface area contributed by atoms with E-state index in [2.05, 4.69) is 65.9 Å². The molecule has 0 radical (unpaired) electrons. The van der Waals surface area contributed by atoms with Crippen molar-refractivity contribution in [3.63, 3.8) is 0 Å². The van der Waals surface area contributed by atoms with Crippen LogP contribution in [0.1, 0.15) is 35.9 Å². The topological polar surface area (TPSA) is 54.9 Å². The number of H-pyrrole nitrogens is 1. The van der Waals surface area contributed by atoms with E-state index in [1.165, 1.54) is 11.1 Å². The Morgan fingerprint density at radius 2 is 1.96 bits per heavy atom. The molecule has 0 atom stereocenters. The average molecular weight is 369 g/mol. The number of aryl methyl sites for hydroxylation is 2. The summed E-state index contributed by atoms with van der Waals surface area (Å²) in [5, 5.41) is 7.09. The van der Waals surface area contributed by atoms with E-state index >= 15 is 0 Å². The molecule has 0 aliphatic heterocycles. The Labute approximate surface area is 159 Å². The average Bonchev–Trinajstić information content (AvgIpc) is 2.99. The van der Waals surface area contributed by atoms with Gasteiger partial charge in [0.05, 0.1) is 6.54 Å². The molecule has 0 saturated heterocycles. The minimum Gasteiger partial charge on any atom is -0.489 e. The number of nitrogens with zero attached hydrogens (tertiary/aromatic N) is 2. The molecule has 1 aromatic heterocycles. The Kier molecular flexibility index (Phi) is 6.07. The van der Waals surface area contributed by atoms with Gasteiger partial charge in [-0.25, -0.2) is 4.68 Å². The molecule has 0 amide bonds. The third-order valence-corrected chi connectivity index (χ3v) is 4.34. The summed E-state index contributed by atoms with van der Waals surface area (Å²) in [5.74, 6) is 1.79. The molecule has 1 heterocycles. The second-order valence-corrected chi connectivity index (χ2v) is 6.67. The monoisotopic (exact) mass is 368 g/mol. The molecule has 3 aromatic rings. The van der Waals surface area contributed by atoms with Crippen molar-refractivity contribution in [2.75, 3.05) is 5.43 Å². The quantitative estimate of drug-likeness (QED) is 0.574. The lowest BCUT2D eigenvalue weighted by Gasteiger charge is -2.11. The zero-order valence-corrected chi connectivity index (χ0v) is 16.0. The molecule has 6 heteroatoms. The Balaban J connectivity index is 1.56. The van der Waals surface area contributed by atoms with Crippen molar-refractivity contribution in [3.8, 4) is 5.75 Å². The van der Waals surface area contributed by atoms with E-state index in [1.807, 2.05) is 16.8 Å². The van der Waals surface area contributed by atoms with Crippen LogP contribution in [-0.4, -0.2) is 14.9 Å². The predicted octanol–water partition coefficient (Wildman–Crippen LogP) is 4.52. The fourth-order valence-corrected chi connectivity index (χ4v) is 2.94. The summed E-state index contributed by atoms with van der Waals surface area (Å²) in [6.45, 7) is 5.45. The second-order valence-electron chi connectivity index (χ2n) is 6.29. The van der Waals surface area contributed by atoms with Gasteiger partial charge in [0, 0.05) is 6.42 Å². The summed E-state index contributed by atoms with van der Waals surface area (Å²) in [5.41, 5.74) is 6.89. The summed E-state index contributed by atoms with van der Waals surface area (Å²) in [4.78, 5) is 0. The highest BCUT2D eigenvalue weighted by Crippen LogP contribution is 2.15. The Morgan fingerprint density at radius 3 is 2.69 bits per heavy atom. The van der Waals surface area contributed by atoms with Gasteiger partial charge in [-0.05, 0) is 48.8 Å². The maximum Gasteiger partial charge on any atom is 0.214 e. The lowest BCUT2D eigenvalue weighted by molar-refractivity contribution is 0.306. The molecule has 0 fully saturated rings. The van der Waals surface area contributed by atoms with Crippen molar-refractivity contribution in [2.45, 2.75) is 39.8 Å². The number of aromatic amines is 1. The number of rotatable bonds is 8. The highest BCUT2D eigenvalue weighted by Gasteiger charge is 2.05. The van der Waals surface area contributed by atoms with E-state index in [0.717, 1.165) is 30.0 Å². The predicted molar refractivity (Wildman–Crippen MR) is 106 cm³/mol. The molecule has 0 bridgehead atoms. The highest BCUT2D eigenvalue weighted by molar-refractivity contribution is 7.71. The summed E-state index contributed by atoms with van der Waals surface area (Å²) in [6, 6.07) is 16.5. The molecular formula is C20H24N4OS. The van der Waals surface area contributed by atoms with Crippen LogP contribution in [0.15, 0.2) is 48.5 Å². The van der Waals surface area contributed by atoms with Gasteiger partial charge in [0.25, 0.3) is 0 Å². The van der Waals surface area contributed by atoms with E-state index in [0.29, 0.717) is 17.9 Å². The zero-order valence-electron chi connectivity index (χ0n) is 15.2. The van der Waals surface area contributed by atoms with Crippen LogP contribution in [0.5, 0.6) is 5.75 Å². The third kappa shape index (κ3) is 4.73. The third-order valence-electron chi connectivity index (χ3n) is 4.07. The molecule has 26 heavy (non-hydrogen) atoms. The Hall–Kier alpha value is -2.60. The van der Waals surface area contributed by atoms with Crippen LogP contribution < -0.4 is 10.2 Å². The smallest absolute Gasteiger partial charge is 0.214 e. The van der Waals surface area contributed by atoms with Crippen LogP contribution in [0.2, 0.25) is 0 Å². The molecular weight excluding hydrogens is 344 g/mol. The van der Waals surface area contributed by atoms with Gasteiger partial charge >= 0.3 is 0 Å². The fraction of sp³-hybridized carbons (Fsp3) is 0.300. The first-order chi connectivity index (χ1) is 12.7. The fourth-order valence-electron chi connectivity index (χ4n) is 2.73. The normalized spacial score (nSPS) is 10.7. The molecule has 0 spiro atoms. The van der Waals surface area contributed by atoms with E-state index in [9.17, 15) is 0 Å². The number of ether oxygens (including phenoxy) is 1. The summed E-state index contributed by atoms with van der Waals surface area (Å²) < 4.78 is 8.30. The van der Waals surface area contributed by atoms with Crippen molar-refractivity contribution in [2.24, 2.45) is 0 Å². The molecule has 3 rings (SSSR count). The van der Waals surface area contributed by atoms with Gasteiger partial charge in [-0.3, -0.25) is 5.10 Å². The van der Waals surface area contributed by atoms with Crippen molar-refractivity contribution in [1.29, 1.82) is 0 Å². The summed E-state index contributed by atoms with van der Waals surface area (Å²) in [7, 11) is 0. The van der Waals surface area contributed by atoms with E-state index in [-0.39, 0.29) is 0 Å². The van der Waals surface area contributed by atoms with Crippen LogP contribution >= 0.6 is 12.2 Å². The van der Waals surface area contributed by atoms with Crippen molar-refractivity contribution in [1.82, 2.24) is 14.9 Å². The first-order valence-electron chi connectivity index (χ1n) is 8.83. The van der Waals surface area contributed by atoms with Crippen LogP contribution in [0.3, 0.4) is 0 Å². The number of nitrogens with one attached hydrogen (secondary N) is 2. The van der Waals surface area contributed by atoms with Gasteiger partial charge in [0.1, 0.15) is 12.4 Å². The SMILES string of the molecule is CCCc1n[nH]c(=S)n1NCc1ccc(OCc2cccc(C)c2)cc1. The van der Waals surface area contributed by atoms with Gasteiger partial charge in [-0.2, -0.15) is 5.10 Å². The Morgan fingerprint density at radius 1 is 1.15 bits per heavy atom. The molecule has 0 aliphatic rings. The van der Waals surface area contributed by atoms with Crippen LogP contribution in [0, 0.1) is 11.7 Å². The molecule has 136 valence electrons. The van der Waals surface area contributed by atoms with Gasteiger partial charge in [-0.15, -0.1) is 0 Å². The highest BCUT2D eigenvalue weighted by atomic mass is 32.1. The first-order valence-corrected chi connectivity index (χ1v) is 9.24. The first kappa shape index (κ1) is 18.2. The number of hydrogen-bond acceptors (Lipinski definition) is 4. The zero-order chi connectivity index (χ0) is 18.4. The van der Waals surface area contributed by atoms with Crippen molar-refractivity contribution >= 4 is 12.2 Å². The minimum absolute atomic E-state index is 0.573. The van der Waals surface area contributed by atoms with Crippen LogP contribution in [-0.2, 0) is 19.6 Å². The molecule has 2 aromatic carbocycles. The van der Waals surface area contributed by atoms with E-state index in [4.69, 9.17) is 17.0 Å². The van der Waals surface area contributed by atoms with E-state index in [1.54, 1.807) is 0 Å². The molecule has 2 N–H and O–H groups in total. The molecule has 0 unspecified atom stereocenters. The molecule has 5 nitrogen and oxygen atoms in total. The maximum absolute atomic E-state index is 5.87. The van der Waals surface area contributed by atoms with Crippen molar-refractivity contribution in [3.05, 3.63) is 75.8 Å². The lowest BCUT2D eigenvalue weighted by Crippen LogP contribution is -2.17. The molecule has 0 saturated carbocycles. The van der Waals surface area contributed by atoms with E-state index < -0.39 is 0 Å². The van der Waals surface area contributed by atoms with Gasteiger partial charge < -0.3 is 10.2 Å². The van der Waals surface area contributed by atoms with Crippen LogP contribution in [0.4, 0.5) is 0 Å². The van der Waals surface area contributed by atoms with Gasteiger partial charge in [0.2, 0.25) is 4.77 Å². The number of hydrogen-bond donors (Lipinski definition) is 2. The number of benzene rings is 2. The van der Waals surface area contributed by atoms with Gasteiger partial charge in [-0.1, -0.05) is 48.9 Å². The van der Waals surface area contributed by atoms with Crippen LogP contribution in [0.25, 0.3) is 0 Å². The van der Waals surface area contributed by atoms with Gasteiger partial charge in [0.15, 0.2) is 5.82 Å². The standard InChI is InChI=1S/C20H24N4OS/c1-3-5-19-22-23-20(26)24(19)21-13-16-8-10-18(11-9-16)25-14-17-7-4-6-15(2)12-17/h4,6-12,21H,3,5,13-14H2,1-2H3,(H,23,26). The maximum atomic E-state index is 5.87.